The van der Waals surface area contributed by atoms with Gasteiger partial charge in [0.2, 0.25) is 0 Å². The Morgan fingerprint density at radius 3 is 2.20 bits per heavy atom. The zero-order valence-electron chi connectivity index (χ0n) is 18.4. The van der Waals surface area contributed by atoms with Crippen molar-refractivity contribution in [3.63, 3.8) is 0 Å². The van der Waals surface area contributed by atoms with Crippen molar-refractivity contribution in [2.75, 3.05) is 11.4 Å². The zero-order chi connectivity index (χ0) is 21.7. The highest BCUT2D eigenvalue weighted by Crippen LogP contribution is 2.28. The predicted octanol–water partition coefficient (Wildman–Crippen LogP) is 6.68. The van der Waals surface area contributed by atoms with E-state index in [-0.39, 0.29) is 11.6 Å². The maximum atomic E-state index is 12.7. The molecule has 156 valence electrons. The van der Waals surface area contributed by atoms with Crippen LogP contribution in [-0.2, 0) is 4.79 Å². The smallest absolute Gasteiger partial charge is 0.163 e. The molecule has 0 heterocycles. The van der Waals surface area contributed by atoms with E-state index in [4.69, 9.17) is 0 Å². The molecule has 0 N–H and O–H groups in total. The minimum Gasteiger partial charge on any atom is -0.341 e. The summed E-state index contributed by atoms with van der Waals surface area (Å²) in [5, 5.41) is 0. The number of rotatable bonds is 8. The third-order valence-corrected chi connectivity index (χ3v) is 5.43. The van der Waals surface area contributed by atoms with E-state index in [0.29, 0.717) is 30.7 Å². The summed E-state index contributed by atoms with van der Waals surface area (Å²) in [6.07, 6.45) is 3.40. The fourth-order valence-corrected chi connectivity index (χ4v) is 3.97. The first-order valence-electron chi connectivity index (χ1n) is 10.7. The number of nitrogens with zero attached hydrogens (tertiary/aromatic N) is 1. The maximum absolute atomic E-state index is 12.7. The molecular weight excluding hydrogens is 370 g/mol. The van der Waals surface area contributed by atoms with Gasteiger partial charge >= 0.3 is 0 Å². The Balaban J connectivity index is 1.72. The number of Topliss-reactive ketones (excluding diaryl/α,β-unsaturated/α-hetero) is 2. The van der Waals surface area contributed by atoms with Gasteiger partial charge in [0.25, 0.3) is 0 Å². The van der Waals surface area contributed by atoms with E-state index < -0.39 is 0 Å². The van der Waals surface area contributed by atoms with Crippen LogP contribution < -0.4 is 4.90 Å². The average molecular weight is 402 g/mol. The first-order chi connectivity index (χ1) is 14.3. The molecule has 30 heavy (non-hydrogen) atoms. The second kappa shape index (κ2) is 9.71. The normalized spacial score (nSPS) is 14.2. The van der Waals surface area contributed by atoms with Crippen LogP contribution in [0.4, 0.5) is 11.4 Å². The summed E-state index contributed by atoms with van der Waals surface area (Å²) in [5.41, 5.74) is 5.81. The Kier molecular flexibility index (Phi) is 7.04. The number of benzene rings is 2. The quantitative estimate of drug-likeness (QED) is 0.463. The van der Waals surface area contributed by atoms with Gasteiger partial charge in [-0.2, -0.15) is 0 Å². The summed E-state index contributed by atoms with van der Waals surface area (Å²) in [6.45, 7) is 9.24. The fourth-order valence-electron chi connectivity index (χ4n) is 3.97. The van der Waals surface area contributed by atoms with E-state index in [1.807, 2.05) is 56.3 Å². The first-order valence-corrected chi connectivity index (χ1v) is 10.7. The van der Waals surface area contributed by atoms with E-state index >= 15 is 0 Å². The topological polar surface area (TPSA) is 37.4 Å². The van der Waals surface area contributed by atoms with Crippen LogP contribution in [0, 0.1) is 5.92 Å². The SMILES string of the molecule is CC1=CC(C)=C(CCC(=O)c2ccc(N(CC(C)C)c3ccccc3)cc2)C(=O)C1. The Hall–Kier alpha value is -2.94. The van der Waals surface area contributed by atoms with E-state index in [0.717, 1.165) is 34.6 Å². The third-order valence-electron chi connectivity index (χ3n) is 5.43. The second-order valence-electron chi connectivity index (χ2n) is 8.56. The van der Waals surface area contributed by atoms with Gasteiger partial charge in [0.05, 0.1) is 0 Å². The van der Waals surface area contributed by atoms with Crippen LogP contribution in [0.1, 0.15) is 57.3 Å². The van der Waals surface area contributed by atoms with Gasteiger partial charge in [0, 0.05) is 36.3 Å². The maximum Gasteiger partial charge on any atom is 0.163 e. The molecule has 1 aliphatic rings. The molecule has 0 fully saturated rings. The minimum absolute atomic E-state index is 0.0797. The molecule has 0 atom stereocenters. The van der Waals surface area contributed by atoms with Gasteiger partial charge in [-0.25, -0.2) is 0 Å². The first kappa shape index (κ1) is 21.8. The molecule has 0 saturated heterocycles. The summed E-state index contributed by atoms with van der Waals surface area (Å²) < 4.78 is 0. The van der Waals surface area contributed by atoms with Crippen LogP contribution >= 0.6 is 0 Å². The van der Waals surface area contributed by atoms with Crippen molar-refractivity contribution < 1.29 is 9.59 Å². The van der Waals surface area contributed by atoms with Gasteiger partial charge in [-0.15, -0.1) is 0 Å². The van der Waals surface area contributed by atoms with Gasteiger partial charge < -0.3 is 4.90 Å². The second-order valence-corrected chi connectivity index (χ2v) is 8.56. The standard InChI is InChI=1S/C27H31NO2/c1-19(2)18-28(23-8-6-5-7-9-23)24-12-10-22(11-13-24)26(29)15-14-25-21(4)16-20(3)17-27(25)30/h5-13,16,19H,14-15,17-18H2,1-4H3. The lowest BCUT2D eigenvalue weighted by molar-refractivity contribution is -0.115. The molecule has 2 aromatic rings. The number of ketones is 2. The molecule has 3 heteroatoms. The van der Waals surface area contributed by atoms with E-state index in [1.54, 1.807) is 0 Å². The molecule has 3 rings (SSSR count). The lowest BCUT2D eigenvalue weighted by atomic mass is 9.89. The summed E-state index contributed by atoms with van der Waals surface area (Å²) >= 11 is 0. The van der Waals surface area contributed by atoms with Crippen LogP contribution in [0.3, 0.4) is 0 Å². The lowest BCUT2D eigenvalue weighted by Crippen LogP contribution is -2.22. The Labute approximate surface area is 180 Å². The van der Waals surface area contributed by atoms with Crippen LogP contribution in [0.2, 0.25) is 0 Å². The summed E-state index contributed by atoms with van der Waals surface area (Å²) in [6, 6.07) is 18.2. The highest BCUT2D eigenvalue weighted by Gasteiger charge is 2.19. The van der Waals surface area contributed by atoms with Crippen LogP contribution in [0.15, 0.2) is 77.4 Å². The summed E-state index contributed by atoms with van der Waals surface area (Å²) in [5.74, 6) is 0.743. The van der Waals surface area contributed by atoms with Gasteiger partial charge in [-0.05, 0) is 73.7 Å². The van der Waals surface area contributed by atoms with Crippen molar-refractivity contribution in [2.45, 2.75) is 47.0 Å². The third kappa shape index (κ3) is 5.35. The van der Waals surface area contributed by atoms with E-state index in [2.05, 4.69) is 37.0 Å². The number of para-hydroxylation sites is 1. The van der Waals surface area contributed by atoms with Gasteiger partial charge in [0.15, 0.2) is 11.6 Å². The molecule has 0 saturated carbocycles. The minimum atomic E-state index is 0.0797. The highest BCUT2D eigenvalue weighted by molar-refractivity contribution is 6.01. The number of hydrogen-bond donors (Lipinski definition) is 0. The van der Waals surface area contributed by atoms with Gasteiger partial charge in [-0.3, -0.25) is 9.59 Å². The Bertz CT molecular complexity index is 966. The van der Waals surface area contributed by atoms with Crippen molar-refractivity contribution >= 4 is 22.9 Å². The monoisotopic (exact) mass is 401 g/mol. The molecular formula is C27H31NO2. The molecule has 1 aliphatic carbocycles. The van der Waals surface area contributed by atoms with Crippen LogP contribution in [0.25, 0.3) is 0 Å². The number of hydrogen-bond acceptors (Lipinski definition) is 3. The molecule has 0 aromatic heterocycles. The van der Waals surface area contributed by atoms with Crippen molar-refractivity contribution in [3.8, 4) is 0 Å². The number of allylic oxidation sites excluding steroid dienone is 4. The Morgan fingerprint density at radius 2 is 1.60 bits per heavy atom. The average Bonchev–Trinajstić information content (AvgIpc) is 2.72. The number of carbonyl (C=O) groups excluding carboxylic acids is 2. The Morgan fingerprint density at radius 1 is 0.967 bits per heavy atom. The molecule has 0 radical (unpaired) electrons. The van der Waals surface area contributed by atoms with Crippen LogP contribution in [-0.4, -0.2) is 18.1 Å². The predicted molar refractivity (Wildman–Crippen MR) is 124 cm³/mol. The zero-order valence-corrected chi connectivity index (χ0v) is 18.4. The highest BCUT2D eigenvalue weighted by atomic mass is 16.1. The molecule has 0 unspecified atom stereocenters. The largest absolute Gasteiger partial charge is 0.341 e. The molecule has 0 amide bonds. The van der Waals surface area contributed by atoms with Crippen molar-refractivity contribution in [3.05, 3.63) is 83.0 Å². The van der Waals surface area contributed by atoms with Gasteiger partial charge in [-0.1, -0.05) is 43.7 Å². The van der Waals surface area contributed by atoms with E-state index in [9.17, 15) is 9.59 Å². The number of anilines is 2. The van der Waals surface area contributed by atoms with Crippen molar-refractivity contribution in [1.29, 1.82) is 0 Å². The van der Waals surface area contributed by atoms with Crippen molar-refractivity contribution in [1.82, 2.24) is 0 Å². The summed E-state index contributed by atoms with van der Waals surface area (Å²) in [7, 11) is 0. The van der Waals surface area contributed by atoms with Crippen molar-refractivity contribution in [2.24, 2.45) is 5.92 Å². The van der Waals surface area contributed by atoms with Gasteiger partial charge in [0.1, 0.15) is 0 Å². The molecule has 3 nitrogen and oxygen atoms in total. The summed E-state index contributed by atoms with van der Waals surface area (Å²) in [4.78, 5) is 27.3. The molecule has 0 spiro atoms. The van der Waals surface area contributed by atoms with Crippen LogP contribution in [0.5, 0.6) is 0 Å². The molecule has 0 bridgehead atoms. The fraction of sp³-hybridized carbons (Fsp3) is 0.333. The number of carbonyl (C=O) groups is 2. The molecule has 0 aliphatic heterocycles. The lowest BCUT2D eigenvalue weighted by Gasteiger charge is -2.27. The molecule has 2 aromatic carbocycles. The van der Waals surface area contributed by atoms with E-state index in [1.165, 1.54) is 0 Å².